The van der Waals surface area contributed by atoms with Crippen molar-refractivity contribution in [1.82, 2.24) is 15.2 Å². The van der Waals surface area contributed by atoms with E-state index in [9.17, 15) is 4.79 Å². The first-order chi connectivity index (χ1) is 10.7. The van der Waals surface area contributed by atoms with Crippen molar-refractivity contribution in [3.8, 4) is 11.6 Å². The number of carbonyl (C=O) groups excluding carboxylic acids is 1. The molecule has 1 aliphatic rings. The lowest BCUT2D eigenvalue weighted by molar-refractivity contribution is 0.0732. The second kappa shape index (κ2) is 6.89. The predicted octanol–water partition coefficient (Wildman–Crippen LogP) is 2.68. The van der Waals surface area contributed by atoms with E-state index in [2.05, 4.69) is 26.2 Å². The van der Waals surface area contributed by atoms with Crippen LogP contribution in [-0.4, -0.2) is 42.0 Å². The summed E-state index contributed by atoms with van der Waals surface area (Å²) in [5.41, 5.74) is 0.490. The standard InChI is InChI=1S/C16H16BrN3O2/c17-12-3-1-4-13(11-12)22-15-14(5-2-6-19-15)16(21)20-9-7-18-8-10-20/h1-6,11,18H,7-10H2. The zero-order chi connectivity index (χ0) is 15.4. The van der Waals surface area contributed by atoms with Gasteiger partial charge in [0.25, 0.3) is 5.91 Å². The largest absolute Gasteiger partial charge is 0.438 e. The number of pyridine rings is 1. The Kier molecular flexibility index (Phi) is 4.70. The van der Waals surface area contributed by atoms with Crippen molar-refractivity contribution in [3.05, 3.63) is 52.6 Å². The Hall–Kier alpha value is -1.92. The van der Waals surface area contributed by atoms with Crippen LogP contribution in [0.1, 0.15) is 10.4 Å². The zero-order valence-electron chi connectivity index (χ0n) is 12.0. The molecule has 1 N–H and O–H groups in total. The van der Waals surface area contributed by atoms with Crippen LogP contribution in [0.4, 0.5) is 0 Å². The molecule has 0 spiro atoms. The molecule has 114 valence electrons. The van der Waals surface area contributed by atoms with Gasteiger partial charge in [0.2, 0.25) is 5.88 Å². The van der Waals surface area contributed by atoms with Crippen LogP contribution in [0.15, 0.2) is 47.1 Å². The molecule has 6 heteroatoms. The molecule has 0 atom stereocenters. The van der Waals surface area contributed by atoms with Crippen molar-refractivity contribution in [2.45, 2.75) is 0 Å². The summed E-state index contributed by atoms with van der Waals surface area (Å²) in [7, 11) is 0. The Balaban J connectivity index is 1.84. The van der Waals surface area contributed by atoms with E-state index < -0.39 is 0 Å². The average molecular weight is 362 g/mol. The number of hydrogen-bond acceptors (Lipinski definition) is 4. The lowest BCUT2D eigenvalue weighted by Gasteiger charge is -2.27. The SMILES string of the molecule is O=C(c1cccnc1Oc1cccc(Br)c1)N1CCNCC1. The van der Waals surface area contributed by atoms with E-state index in [4.69, 9.17) is 4.74 Å². The number of nitrogens with one attached hydrogen (secondary N) is 1. The van der Waals surface area contributed by atoms with E-state index in [0.717, 1.165) is 17.6 Å². The monoisotopic (exact) mass is 361 g/mol. The van der Waals surface area contributed by atoms with Gasteiger partial charge in [-0.25, -0.2) is 4.98 Å². The molecule has 0 bridgehead atoms. The first-order valence-corrected chi connectivity index (χ1v) is 7.92. The van der Waals surface area contributed by atoms with Gasteiger partial charge in [0.1, 0.15) is 11.3 Å². The number of nitrogens with zero attached hydrogens (tertiary/aromatic N) is 2. The molecule has 1 amide bonds. The molecule has 1 saturated heterocycles. The molecule has 1 fully saturated rings. The molecule has 2 heterocycles. The van der Waals surface area contributed by atoms with Crippen LogP contribution in [0.25, 0.3) is 0 Å². The van der Waals surface area contributed by atoms with Gasteiger partial charge in [-0.3, -0.25) is 4.79 Å². The summed E-state index contributed by atoms with van der Waals surface area (Å²) in [6, 6.07) is 11.0. The molecule has 1 aliphatic heterocycles. The number of piperazine rings is 1. The topological polar surface area (TPSA) is 54.5 Å². The molecule has 5 nitrogen and oxygen atoms in total. The molecule has 3 rings (SSSR count). The number of amides is 1. The van der Waals surface area contributed by atoms with Gasteiger partial charge in [-0.05, 0) is 30.3 Å². The Labute approximate surface area is 137 Å². The molecule has 2 aromatic rings. The fraction of sp³-hybridized carbons (Fsp3) is 0.250. The second-order valence-electron chi connectivity index (χ2n) is 4.96. The van der Waals surface area contributed by atoms with Crippen LogP contribution in [0, 0.1) is 0 Å². The van der Waals surface area contributed by atoms with Gasteiger partial charge >= 0.3 is 0 Å². The van der Waals surface area contributed by atoms with Gasteiger partial charge < -0.3 is 15.0 Å². The van der Waals surface area contributed by atoms with Crippen LogP contribution in [-0.2, 0) is 0 Å². The molecule has 1 aromatic heterocycles. The highest BCUT2D eigenvalue weighted by Crippen LogP contribution is 2.26. The summed E-state index contributed by atoms with van der Waals surface area (Å²) < 4.78 is 6.71. The molecule has 1 aromatic carbocycles. The lowest BCUT2D eigenvalue weighted by Crippen LogP contribution is -2.46. The summed E-state index contributed by atoms with van der Waals surface area (Å²) in [6.07, 6.45) is 1.63. The first kappa shape index (κ1) is 15.0. The fourth-order valence-electron chi connectivity index (χ4n) is 2.32. The maximum Gasteiger partial charge on any atom is 0.259 e. The van der Waals surface area contributed by atoms with Crippen molar-refractivity contribution in [2.75, 3.05) is 26.2 Å². The van der Waals surface area contributed by atoms with E-state index in [1.165, 1.54) is 0 Å². The molecule has 22 heavy (non-hydrogen) atoms. The van der Waals surface area contributed by atoms with Crippen LogP contribution in [0.3, 0.4) is 0 Å². The Morgan fingerprint density at radius 3 is 2.82 bits per heavy atom. The molecule has 0 aliphatic carbocycles. The average Bonchev–Trinajstić information content (AvgIpc) is 2.56. The highest BCUT2D eigenvalue weighted by Gasteiger charge is 2.22. The highest BCUT2D eigenvalue weighted by molar-refractivity contribution is 9.10. The third-order valence-corrected chi connectivity index (χ3v) is 3.91. The number of hydrogen-bond donors (Lipinski definition) is 1. The molecule has 0 saturated carbocycles. The number of aromatic nitrogens is 1. The van der Waals surface area contributed by atoms with Gasteiger partial charge in [-0.15, -0.1) is 0 Å². The van der Waals surface area contributed by atoms with Crippen molar-refractivity contribution >= 4 is 21.8 Å². The maximum atomic E-state index is 12.6. The normalized spacial score (nSPS) is 14.7. The zero-order valence-corrected chi connectivity index (χ0v) is 13.5. The van der Waals surface area contributed by atoms with Crippen molar-refractivity contribution in [1.29, 1.82) is 0 Å². The molecule has 0 unspecified atom stereocenters. The summed E-state index contributed by atoms with van der Waals surface area (Å²) in [6.45, 7) is 3.02. The highest BCUT2D eigenvalue weighted by atomic mass is 79.9. The van der Waals surface area contributed by atoms with E-state index in [1.54, 1.807) is 18.3 Å². The van der Waals surface area contributed by atoms with Crippen molar-refractivity contribution in [3.63, 3.8) is 0 Å². The summed E-state index contributed by atoms with van der Waals surface area (Å²) in [5, 5.41) is 3.24. The van der Waals surface area contributed by atoms with Gasteiger partial charge in [0, 0.05) is 36.8 Å². The third kappa shape index (κ3) is 3.45. The molecular formula is C16H16BrN3O2. The smallest absolute Gasteiger partial charge is 0.259 e. The van der Waals surface area contributed by atoms with Crippen LogP contribution >= 0.6 is 15.9 Å². The van der Waals surface area contributed by atoms with E-state index in [0.29, 0.717) is 30.3 Å². The Bertz CT molecular complexity index is 672. The molecular weight excluding hydrogens is 346 g/mol. The van der Waals surface area contributed by atoms with Gasteiger partial charge in [-0.1, -0.05) is 22.0 Å². The second-order valence-corrected chi connectivity index (χ2v) is 5.87. The van der Waals surface area contributed by atoms with Crippen LogP contribution < -0.4 is 10.1 Å². The van der Waals surface area contributed by atoms with Gasteiger partial charge in [0.15, 0.2) is 0 Å². The number of benzene rings is 1. The summed E-state index contributed by atoms with van der Waals surface area (Å²) in [5.74, 6) is 0.936. The first-order valence-electron chi connectivity index (χ1n) is 7.12. The number of ether oxygens (including phenoxy) is 1. The number of carbonyl (C=O) groups is 1. The van der Waals surface area contributed by atoms with Gasteiger partial charge in [-0.2, -0.15) is 0 Å². The van der Waals surface area contributed by atoms with E-state index in [1.807, 2.05) is 29.2 Å². The summed E-state index contributed by atoms with van der Waals surface area (Å²) >= 11 is 3.40. The number of rotatable bonds is 3. The minimum atomic E-state index is -0.0420. The quantitative estimate of drug-likeness (QED) is 0.912. The Morgan fingerprint density at radius 2 is 2.05 bits per heavy atom. The minimum Gasteiger partial charge on any atom is -0.438 e. The molecule has 0 radical (unpaired) electrons. The predicted molar refractivity (Wildman–Crippen MR) is 87.2 cm³/mol. The minimum absolute atomic E-state index is 0.0420. The third-order valence-electron chi connectivity index (χ3n) is 3.42. The summed E-state index contributed by atoms with van der Waals surface area (Å²) in [4.78, 5) is 18.7. The van der Waals surface area contributed by atoms with E-state index in [-0.39, 0.29) is 5.91 Å². The Morgan fingerprint density at radius 1 is 1.23 bits per heavy atom. The van der Waals surface area contributed by atoms with Crippen LogP contribution in [0.5, 0.6) is 11.6 Å². The van der Waals surface area contributed by atoms with Crippen molar-refractivity contribution < 1.29 is 9.53 Å². The maximum absolute atomic E-state index is 12.6. The lowest BCUT2D eigenvalue weighted by atomic mass is 10.2. The van der Waals surface area contributed by atoms with Crippen LogP contribution in [0.2, 0.25) is 0 Å². The van der Waals surface area contributed by atoms with Gasteiger partial charge in [0.05, 0.1) is 0 Å². The van der Waals surface area contributed by atoms with Crippen molar-refractivity contribution in [2.24, 2.45) is 0 Å². The fourth-order valence-corrected chi connectivity index (χ4v) is 2.69. The number of halogens is 1. The van der Waals surface area contributed by atoms with E-state index >= 15 is 0 Å².